The number of aromatic nitrogens is 2. The summed E-state index contributed by atoms with van der Waals surface area (Å²) >= 11 is 0. The van der Waals surface area contributed by atoms with Crippen molar-refractivity contribution < 1.29 is 60.3 Å². The number of hydrogen-bond acceptors (Lipinski definition) is 2. The lowest BCUT2D eigenvalue weighted by molar-refractivity contribution is 0.590. The van der Waals surface area contributed by atoms with E-state index in [4.69, 9.17) is 11.0 Å². The third-order valence-corrected chi connectivity index (χ3v) is 19.3. The van der Waals surface area contributed by atoms with Crippen molar-refractivity contribution in [3.05, 3.63) is 356 Å². The summed E-state index contributed by atoms with van der Waals surface area (Å²) in [5.41, 5.74) is -9.43. The molecule has 482 valence electrons. The summed E-state index contributed by atoms with van der Waals surface area (Å²) in [5.74, 6) is 0. The molecule has 0 atom stereocenters. The molecule has 0 spiro atoms. The quantitative estimate of drug-likeness (QED) is 0.141. The second-order valence-corrected chi connectivity index (χ2v) is 25.7. The van der Waals surface area contributed by atoms with Crippen molar-refractivity contribution >= 4 is 144 Å². The molecule has 2 aliphatic rings. The standard InChI is InChI=1S/C98H67BN4/c1-98(2,3)70-58-89-95-90(59-70)103(97-79(64-30-12-6-13-31-64)44-25-45-80(97)65-32-14-7-15-33-65)88-61-72(101-85-56-48-68-36-18-22-40-75(68)93(85)94-76-41-23-19-37-69(76)49-57-86(94)101)51-53-82(88)99(95)81-52-50-71(60-87(81)102(89)96-77(62-26-8-4-9-27-62)42-24-43-78(96)63-28-10-5-11-29-63)100-83-54-46-66-34-16-20-38-73(66)91(83)92-74-39-21-17-35-67(74)47-55-84(92)100/h4-61H,1-3H3/i4D,5D,6D,7D,8D,9D,10D,11D,12D,13D,14D,15D,16D,17D,18D,19D,20D,21D,22D,23D,26D,27D,28D,29D,30D,31D,32D,33D,34D,35D,36D,37D,38D,39D,40D,41D,46D,47D,48D,49D,54D,55D,56D,57D. The Morgan fingerprint density at radius 1 is 0.291 bits per heavy atom. The van der Waals surface area contributed by atoms with Crippen LogP contribution in [0.2, 0.25) is 0 Å². The van der Waals surface area contributed by atoms with Crippen LogP contribution in [0.15, 0.2) is 351 Å². The van der Waals surface area contributed by atoms with Gasteiger partial charge in [0.05, 0.1) is 93.8 Å². The topological polar surface area (TPSA) is 16.3 Å². The average Bonchev–Trinajstić information content (AvgIpc) is 1.58. The van der Waals surface area contributed by atoms with Gasteiger partial charge in [-0.2, -0.15) is 0 Å². The van der Waals surface area contributed by atoms with Gasteiger partial charge in [-0.1, -0.05) is 311 Å². The van der Waals surface area contributed by atoms with E-state index in [1.807, 2.05) is 0 Å². The molecule has 0 radical (unpaired) electrons. The van der Waals surface area contributed by atoms with Crippen molar-refractivity contribution in [3.8, 4) is 55.9 Å². The van der Waals surface area contributed by atoms with E-state index in [2.05, 4.69) is 0 Å². The molecule has 19 aromatic rings. The normalized spacial score (nSPS) is 18.7. The third-order valence-electron chi connectivity index (χ3n) is 19.3. The van der Waals surface area contributed by atoms with Crippen molar-refractivity contribution in [1.82, 2.24) is 9.13 Å². The summed E-state index contributed by atoms with van der Waals surface area (Å²) in [6, 6.07) is -19.4. The van der Waals surface area contributed by atoms with Crippen molar-refractivity contribution in [3.63, 3.8) is 0 Å². The molecule has 103 heavy (non-hydrogen) atoms. The van der Waals surface area contributed by atoms with Gasteiger partial charge in [0.25, 0.3) is 6.71 Å². The lowest BCUT2D eigenvalue weighted by Gasteiger charge is -2.46. The molecule has 17 aromatic carbocycles. The molecule has 0 N–H and O–H groups in total. The van der Waals surface area contributed by atoms with E-state index in [0.29, 0.717) is 0 Å². The summed E-state index contributed by atoms with van der Waals surface area (Å²) < 4.78 is 426. The number of rotatable bonds is 8. The predicted octanol–water partition coefficient (Wildman–Crippen LogP) is 24.5. The average molecular weight is 1360 g/mol. The number of fused-ring (bicyclic) bond motifs is 18. The highest BCUT2D eigenvalue weighted by Gasteiger charge is 2.46. The van der Waals surface area contributed by atoms with Gasteiger partial charge in [-0.05, 0) is 153 Å². The summed E-state index contributed by atoms with van der Waals surface area (Å²) in [5, 5.41) is -5.99. The SMILES string of the molecule is [2H]c1c([2H])c([2H])c(-c2cccc(-c3c([2H])c([2H])c([2H])c([2H])c3[2H])c2N2c3cc(-n4c5c([2H])c([2H])c6c([2H])c([2H])c([2H])c([2H])c6c5c5c6c([2H])c([2H])c([2H])c([2H])c6c([2H])c([2H])c54)ccc3B3c4ccc(-n5c6c([2H])c([2H])c7c([2H])c([2H])c([2H])c([2H])c7c6c6c7c([2H])c([2H])c([2H])c([2H])c7c([2H])c([2H])c65)cc4N(c4c(-c5c([2H])c([2H])c([2H])c([2H])c5[2H])cccc4-c4c([2H])c([2H])c([2H])c([2H])c4[2H])c4cc(C(C)(C)C)cc2c43)c([2H])c1[2H]. The zero-order valence-electron chi connectivity index (χ0n) is 97.9. The summed E-state index contributed by atoms with van der Waals surface area (Å²) in [4.78, 5) is 2.87. The van der Waals surface area contributed by atoms with E-state index in [9.17, 15) is 49.3 Å². The second kappa shape index (κ2) is 22.8. The number of hydrogen-bond donors (Lipinski definition) is 0. The number of anilines is 6. The maximum absolute atomic E-state index is 10.4. The van der Waals surface area contributed by atoms with E-state index >= 15 is 0 Å². The van der Waals surface area contributed by atoms with E-state index in [0.717, 1.165) is 9.13 Å². The highest BCUT2D eigenvalue weighted by atomic mass is 15.2. The fourth-order valence-corrected chi connectivity index (χ4v) is 15.0. The molecule has 21 rings (SSSR count). The predicted molar refractivity (Wildman–Crippen MR) is 440 cm³/mol. The van der Waals surface area contributed by atoms with Crippen LogP contribution < -0.4 is 26.2 Å². The van der Waals surface area contributed by atoms with Gasteiger partial charge in [0.1, 0.15) is 0 Å². The Morgan fingerprint density at radius 3 is 0.883 bits per heavy atom. The fraction of sp³-hybridized carbons (Fsp3) is 0.0408. The smallest absolute Gasteiger partial charge is 0.252 e. The van der Waals surface area contributed by atoms with Crippen molar-refractivity contribution in [2.75, 3.05) is 9.80 Å². The third kappa shape index (κ3) is 8.92. The molecule has 0 amide bonds. The second-order valence-electron chi connectivity index (χ2n) is 25.7. The van der Waals surface area contributed by atoms with Crippen LogP contribution in [0, 0.1) is 0 Å². The minimum Gasteiger partial charge on any atom is -0.310 e. The molecule has 2 aromatic heterocycles. The monoisotopic (exact) mass is 1350 g/mol. The van der Waals surface area contributed by atoms with Crippen LogP contribution in [-0.2, 0) is 5.41 Å². The van der Waals surface area contributed by atoms with Crippen LogP contribution in [-0.4, -0.2) is 15.8 Å². The Bertz CT molecular complexity index is 8480. The minimum atomic E-state index is -1.59. The van der Waals surface area contributed by atoms with Crippen LogP contribution in [0.1, 0.15) is 86.6 Å². The Morgan fingerprint density at radius 2 is 0.583 bits per heavy atom. The molecule has 5 heteroatoms. The van der Waals surface area contributed by atoms with Crippen LogP contribution >= 0.6 is 0 Å². The highest BCUT2D eigenvalue weighted by Crippen LogP contribution is 2.55. The first-order valence-electron chi connectivity index (χ1n) is 54.4. The van der Waals surface area contributed by atoms with E-state index in [-0.39, 0.29) is 56.1 Å². The zero-order chi connectivity index (χ0) is 106. The Balaban J connectivity index is 1.04. The van der Waals surface area contributed by atoms with E-state index < -0.39 is 421 Å². The lowest BCUT2D eigenvalue weighted by Crippen LogP contribution is -2.61. The first-order valence-corrected chi connectivity index (χ1v) is 32.4. The van der Waals surface area contributed by atoms with Gasteiger partial charge in [-0.25, -0.2) is 0 Å². The Kier molecular flexibility index (Phi) is 6.66. The summed E-state index contributed by atoms with van der Waals surface area (Å²) in [6.07, 6.45) is 0. The molecule has 0 aliphatic carbocycles. The van der Waals surface area contributed by atoms with Gasteiger partial charge < -0.3 is 18.9 Å². The first-order chi connectivity index (χ1) is 69.1. The van der Waals surface area contributed by atoms with Crippen LogP contribution in [0.3, 0.4) is 0 Å². The molecular weight excluding hydrogens is 1240 g/mol. The van der Waals surface area contributed by atoms with Crippen LogP contribution in [0.5, 0.6) is 0 Å². The van der Waals surface area contributed by atoms with E-state index in [1.54, 1.807) is 32.9 Å². The van der Waals surface area contributed by atoms with Gasteiger partial charge >= 0.3 is 0 Å². The lowest BCUT2D eigenvalue weighted by atomic mass is 9.33. The fourth-order valence-electron chi connectivity index (χ4n) is 15.0. The van der Waals surface area contributed by atoms with Gasteiger partial charge in [0, 0.05) is 77.9 Å². The van der Waals surface area contributed by atoms with E-state index in [1.165, 1.54) is 82.6 Å². The number of para-hydroxylation sites is 2. The van der Waals surface area contributed by atoms with Gasteiger partial charge in [0.2, 0.25) is 0 Å². The van der Waals surface area contributed by atoms with Crippen LogP contribution in [0.4, 0.5) is 34.1 Å². The molecule has 0 saturated heterocycles. The van der Waals surface area contributed by atoms with Crippen LogP contribution in [0.25, 0.3) is 143 Å². The summed E-state index contributed by atoms with van der Waals surface area (Å²) in [7, 11) is 0. The number of benzene rings is 17. The summed E-state index contributed by atoms with van der Waals surface area (Å²) in [6.45, 7) is 3.61. The molecule has 0 saturated carbocycles. The molecule has 4 heterocycles. The molecule has 0 fully saturated rings. The Labute approximate surface area is 660 Å². The zero-order valence-corrected chi connectivity index (χ0v) is 53.9. The molecule has 2 aliphatic heterocycles. The van der Waals surface area contributed by atoms with Gasteiger partial charge in [-0.3, -0.25) is 0 Å². The van der Waals surface area contributed by atoms with Crippen molar-refractivity contribution in [2.45, 2.75) is 26.2 Å². The van der Waals surface area contributed by atoms with Crippen molar-refractivity contribution in [2.24, 2.45) is 0 Å². The molecule has 4 nitrogen and oxygen atoms in total. The highest BCUT2D eigenvalue weighted by molar-refractivity contribution is 7.00. The van der Waals surface area contributed by atoms with Gasteiger partial charge in [-0.15, -0.1) is 0 Å². The number of nitrogens with zero attached hydrogens (tertiary/aromatic N) is 4. The van der Waals surface area contributed by atoms with Gasteiger partial charge in [0.15, 0.2) is 0 Å². The molecule has 0 bridgehead atoms. The Hall–Kier alpha value is -13.0. The largest absolute Gasteiger partial charge is 0.310 e. The molecule has 0 unspecified atom stereocenters. The maximum Gasteiger partial charge on any atom is 0.252 e. The minimum absolute atomic E-state index is 0.00966. The maximum atomic E-state index is 10.4. The molecular formula is C98H67BN4. The first kappa shape index (κ1) is 30.1. The van der Waals surface area contributed by atoms with Crippen molar-refractivity contribution in [1.29, 1.82) is 0 Å².